The van der Waals surface area contributed by atoms with E-state index < -0.39 is 0 Å². The minimum atomic E-state index is -0.0306. The molecule has 3 aliphatic rings. The summed E-state index contributed by atoms with van der Waals surface area (Å²) in [6.07, 6.45) is 2.63. The fourth-order valence-electron chi connectivity index (χ4n) is 5.70. The number of carbonyl (C=O) groups is 2. The highest BCUT2D eigenvalue weighted by Crippen LogP contribution is 2.37. The van der Waals surface area contributed by atoms with Crippen LogP contribution in [-0.2, 0) is 4.79 Å². The summed E-state index contributed by atoms with van der Waals surface area (Å²) < 4.78 is 5.77. The Morgan fingerprint density at radius 2 is 1.91 bits per heavy atom. The van der Waals surface area contributed by atoms with Gasteiger partial charge in [0.15, 0.2) is 0 Å². The smallest absolute Gasteiger partial charge is 0.322 e. The number of carbonyl (C=O) groups excluding carboxylic acids is 2. The van der Waals surface area contributed by atoms with Gasteiger partial charge in [-0.05, 0) is 62.1 Å². The van der Waals surface area contributed by atoms with Crippen LogP contribution >= 0.6 is 0 Å². The third-order valence-corrected chi connectivity index (χ3v) is 7.59. The number of urea groups is 1. The van der Waals surface area contributed by atoms with Crippen LogP contribution in [0.15, 0.2) is 48.5 Å². The summed E-state index contributed by atoms with van der Waals surface area (Å²) in [7, 11) is 0. The number of aryl methyl sites for hydroxylation is 1. The lowest BCUT2D eigenvalue weighted by atomic mass is 10.0. The quantitative estimate of drug-likeness (QED) is 0.674. The van der Waals surface area contributed by atoms with Crippen LogP contribution in [0.1, 0.15) is 43.4 Å². The van der Waals surface area contributed by atoms with Gasteiger partial charge in [0.1, 0.15) is 12.4 Å². The fraction of sp³-hybridized carbons (Fsp3) is 0.481. The largest absolute Gasteiger partial charge is 0.492 e. The average Bonchev–Trinajstić information content (AvgIpc) is 3.56. The minimum Gasteiger partial charge on any atom is -0.492 e. The van der Waals surface area contributed by atoms with E-state index in [0.717, 1.165) is 43.9 Å². The SMILES string of the molecule is Cc1ccccc1C(C)N1CC2CC1CN2C(=O)Nc1ccc(OCCN2CCCC2=O)cc1. The molecule has 2 aromatic rings. The zero-order chi connectivity index (χ0) is 23.7. The summed E-state index contributed by atoms with van der Waals surface area (Å²) >= 11 is 0. The van der Waals surface area contributed by atoms with Crippen LogP contribution in [0.5, 0.6) is 5.75 Å². The van der Waals surface area contributed by atoms with Crippen LogP contribution in [0.4, 0.5) is 10.5 Å². The van der Waals surface area contributed by atoms with Crippen molar-refractivity contribution < 1.29 is 14.3 Å². The zero-order valence-electron chi connectivity index (χ0n) is 20.1. The topological polar surface area (TPSA) is 65.1 Å². The Bertz CT molecular complexity index is 1040. The summed E-state index contributed by atoms with van der Waals surface area (Å²) in [5.41, 5.74) is 3.46. The fourth-order valence-corrected chi connectivity index (χ4v) is 5.70. The third-order valence-electron chi connectivity index (χ3n) is 7.59. The van der Waals surface area contributed by atoms with E-state index >= 15 is 0 Å². The van der Waals surface area contributed by atoms with E-state index in [4.69, 9.17) is 4.74 Å². The van der Waals surface area contributed by atoms with Gasteiger partial charge in [-0.2, -0.15) is 0 Å². The number of benzene rings is 2. The highest BCUT2D eigenvalue weighted by atomic mass is 16.5. The van der Waals surface area contributed by atoms with Crippen LogP contribution in [0, 0.1) is 6.92 Å². The van der Waals surface area contributed by atoms with Gasteiger partial charge in [0.05, 0.1) is 6.54 Å². The van der Waals surface area contributed by atoms with Gasteiger partial charge in [0, 0.05) is 49.9 Å². The molecule has 0 aliphatic carbocycles. The van der Waals surface area contributed by atoms with E-state index in [1.54, 1.807) is 0 Å². The molecular weight excluding hydrogens is 428 g/mol. The number of piperazine rings is 1. The molecule has 0 saturated carbocycles. The van der Waals surface area contributed by atoms with Crippen molar-refractivity contribution in [3.63, 3.8) is 0 Å². The number of amides is 3. The molecule has 34 heavy (non-hydrogen) atoms. The molecule has 7 heteroatoms. The van der Waals surface area contributed by atoms with Crippen LogP contribution in [0.25, 0.3) is 0 Å². The molecule has 5 rings (SSSR count). The lowest BCUT2D eigenvalue weighted by Gasteiger charge is -2.38. The van der Waals surface area contributed by atoms with Crippen molar-refractivity contribution in [1.29, 1.82) is 0 Å². The van der Waals surface area contributed by atoms with E-state index in [2.05, 4.69) is 48.3 Å². The average molecular weight is 463 g/mol. The van der Waals surface area contributed by atoms with Crippen molar-refractivity contribution in [2.45, 2.75) is 51.2 Å². The van der Waals surface area contributed by atoms with Gasteiger partial charge < -0.3 is 19.9 Å². The van der Waals surface area contributed by atoms with Gasteiger partial charge >= 0.3 is 6.03 Å². The summed E-state index contributed by atoms with van der Waals surface area (Å²) in [6.45, 7) is 8.06. The monoisotopic (exact) mass is 462 g/mol. The number of anilines is 1. The molecule has 0 aromatic heterocycles. The number of hydrogen-bond acceptors (Lipinski definition) is 4. The lowest BCUT2D eigenvalue weighted by Crippen LogP contribution is -2.50. The van der Waals surface area contributed by atoms with Gasteiger partial charge in [0.25, 0.3) is 0 Å². The first-order valence-electron chi connectivity index (χ1n) is 12.4. The molecule has 3 amide bonds. The van der Waals surface area contributed by atoms with E-state index in [1.165, 1.54) is 11.1 Å². The van der Waals surface area contributed by atoms with Gasteiger partial charge in [-0.15, -0.1) is 0 Å². The van der Waals surface area contributed by atoms with Crippen LogP contribution in [-0.4, -0.2) is 71.5 Å². The van der Waals surface area contributed by atoms with Crippen molar-refractivity contribution in [1.82, 2.24) is 14.7 Å². The highest BCUT2D eigenvalue weighted by molar-refractivity contribution is 5.90. The van der Waals surface area contributed by atoms with Crippen LogP contribution in [0.2, 0.25) is 0 Å². The minimum absolute atomic E-state index is 0.0306. The molecule has 2 aromatic carbocycles. The number of nitrogens with zero attached hydrogens (tertiary/aromatic N) is 3. The first-order chi connectivity index (χ1) is 16.5. The van der Waals surface area contributed by atoms with Gasteiger partial charge in [0.2, 0.25) is 5.91 Å². The molecule has 3 aliphatic heterocycles. The summed E-state index contributed by atoms with van der Waals surface area (Å²) in [4.78, 5) is 31.0. The maximum absolute atomic E-state index is 13.0. The normalized spacial score (nSPS) is 22.9. The van der Waals surface area contributed by atoms with Crippen molar-refractivity contribution in [3.8, 4) is 5.75 Å². The Morgan fingerprint density at radius 1 is 1.12 bits per heavy atom. The number of likely N-dealkylation sites (tertiary alicyclic amines) is 3. The Hall–Kier alpha value is -3.06. The third kappa shape index (κ3) is 4.62. The predicted octanol–water partition coefficient (Wildman–Crippen LogP) is 4.05. The van der Waals surface area contributed by atoms with Gasteiger partial charge in [-0.3, -0.25) is 9.69 Å². The molecule has 3 fully saturated rings. The Labute approximate surface area is 201 Å². The molecule has 1 N–H and O–H groups in total. The van der Waals surface area contributed by atoms with E-state index in [1.807, 2.05) is 34.1 Å². The van der Waals surface area contributed by atoms with E-state index in [-0.39, 0.29) is 18.0 Å². The number of ether oxygens (including phenoxy) is 1. The van der Waals surface area contributed by atoms with Crippen LogP contribution < -0.4 is 10.1 Å². The van der Waals surface area contributed by atoms with Crippen molar-refractivity contribution in [3.05, 3.63) is 59.7 Å². The zero-order valence-corrected chi connectivity index (χ0v) is 20.1. The van der Waals surface area contributed by atoms with E-state index in [9.17, 15) is 9.59 Å². The molecule has 3 atom stereocenters. The Kier molecular flexibility index (Phi) is 6.46. The maximum atomic E-state index is 13.0. The molecule has 180 valence electrons. The second-order valence-corrected chi connectivity index (χ2v) is 9.71. The summed E-state index contributed by atoms with van der Waals surface area (Å²) in [5, 5.41) is 3.05. The molecule has 3 heterocycles. The molecule has 3 unspecified atom stereocenters. The standard InChI is InChI=1S/C27H34N4O3/c1-19-6-3-4-7-25(19)20(2)30-17-23-16-22(30)18-31(23)27(33)28-21-9-11-24(12-10-21)34-15-14-29-13-5-8-26(29)32/h3-4,6-7,9-12,20,22-23H,5,8,13-18H2,1-2H3,(H,28,33). The first-order valence-corrected chi connectivity index (χ1v) is 12.4. The molecule has 7 nitrogen and oxygen atoms in total. The van der Waals surface area contributed by atoms with E-state index in [0.29, 0.717) is 31.7 Å². The number of hydrogen-bond donors (Lipinski definition) is 1. The summed E-state index contributed by atoms with van der Waals surface area (Å²) in [5.74, 6) is 0.954. The van der Waals surface area contributed by atoms with Crippen molar-refractivity contribution >= 4 is 17.6 Å². The second kappa shape index (κ2) is 9.66. The van der Waals surface area contributed by atoms with Crippen molar-refractivity contribution in [2.24, 2.45) is 0 Å². The molecule has 0 radical (unpaired) electrons. The molecule has 0 spiro atoms. The Balaban J connectivity index is 1.10. The van der Waals surface area contributed by atoms with Gasteiger partial charge in [-0.25, -0.2) is 4.79 Å². The molecular formula is C27H34N4O3. The lowest BCUT2D eigenvalue weighted by molar-refractivity contribution is -0.128. The predicted molar refractivity (Wildman–Crippen MR) is 132 cm³/mol. The molecule has 2 bridgehead atoms. The van der Waals surface area contributed by atoms with Crippen LogP contribution in [0.3, 0.4) is 0 Å². The maximum Gasteiger partial charge on any atom is 0.322 e. The Morgan fingerprint density at radius 3 is 2.59 bits per heavy atom. The number of rotatable bonds is 7. The summed E-state index contributed by atoms with van der Waals surface area (Å²) in [6, 6.07) is 17.0. The number of fused-ring (bicyclic) bond motifs is 2. The highest BCUT2D eigenvalue weighted by Gasteiger charge is 2.46. The number of nitrogens with one attached hydrogen (secondary N) is 1. The second-order valence-electron chi connectivity index (χ2n) is 9.71. The van der Waals surface area contributed by atoms with Crippen molar-refractivity contribution in [2.75, 3.05) is 38.1 Å². The first kappa shape index (κ1) is 22.7. The molecule has 3 saturated heterocycles. The van der Waals surface area contributed by atoms with Gasteiger partial charge in [-0.1, -0.05) is 24.3 Å².